The zero-order valence-electron chi connectivity index (χ0n) is 44.1. The molecule has 0 saturated heterocycles. The fourth-order valence-corrected chi connectivity index (χ4v) is 6.27. The number of aliphatic hydroxyl groups excluding tert-OH is 2. The van der Waals surface area contributed by atoms with Gasteiger partial charge in [-0.3, -0.25) is 24.0 Å². The maximum atomic E-state index is 11.7. The third-order valence-corrected chi connectivity index (χ3v) is 10.4. The first-order valence-corrected chi connectivity index (χ1v) is 24.8. The molecule has 14 heteroatoms. The Morgan fingerprint density at radius 1 is 0.507 bits per heavy atom. The molecule has 0 spiro atoms. The summed E-state index contributed by atoms with van der Waals surface area (Å²) in [6.07, 6.45) is 13.4. The SMILES string of the molecule is CC(=O)c1ccc(B(O)O)cc1.CCCCCC(=O)Cc1ccc(/C(C)=N\O)cc1.CCCCCC(=O)Cc1ccc(C(C)=O)cc1.CCCCCC(=O)Cc1ccc(C(C)N)cc1.CCO.CCO.[W]. The Morgan fingerprint density at radius 2 is 0.789 bits per heavy atom. The van der Waals surface area contributed by atoms with Crippen molar-refractivity contribution < 1.29 is 70.5 Å². The summed E-state index contributed by atoms with van der Waals surface area (Å²) in [5.74, 6) is 0.949. The number of aliphatic hydroxyl groups is 2. The molecule has 4 aromatic carbocycles. The molecule has 0 heterocycles. The molecule has 4 aromatic rings. The second-order valence-corrected chi connectivity index (χ2v) is 16.9. The molecule has 0 fully saturated rings. The molecule has 392 valence electrons. The van der Waals surface area contributed by atoms with Gasteiger partial charge in [-0.05, 0) is 94.1 Å². The van der Waals surface area contributed by atoms with Crippen molar-refractivity contribution in [2.75, 3.05) is 13.2 Å². The Kier molecular flexibility index (Phi) is 44.8. The standard InChI is InChI=1S/C15H21NO2.C15H23NO.C15H20O2.C8H9BO3.2C2H6O.W/c1-3-4-5-6-15(17)11-13-7-9-14(10-8-13)12(2)16-18;2*1-3-4-5-6-15(17)11-13-7-9-14(10-8-13)12(2)16;1-6(10)7-2-4-8(5-3-7)9(11)12;2*1-2-3;/h7-10,18H,3-6,11H2,1-2H3;7-10,12H,3-6,11,16H2,1-2H3;7-10H,3-6,11H2,1-2H3;2-5,11-12H,1H3;2*3H,2H2,1H3;/b16-12-;;;;;;. The summed E-state index contributed by atoms with van der Waals surface area (Å²) < 4.78 is 0. The Balaban J connectivity index is -0.000000837. The van der Waals surface area contributed by atoms with Crippen LogP contribution in [0, 0.1) is 0 Å². The van der Waals surface area contributed by atoms with Crippen LogP contribution in [0.2, 0.25) is 0 Å². The first kappa shape index (κ1) is 70.5. The second kappa shape index (κ2) is 45.1. The van der Waals surface area contributed by atoms with Crippen LogP contribution in [0.5, 0.6) is 0 Å². The molecule has 0 aliphatic carbocycles. The monoisotopic (exact) mass is 1150 g/mol. The van der Waals surface area contributed by atoms with Crippen LogP contribution in [-0.4, -0.2) is 80.4 Å². The van der Waals surface area contributed by atoms with Gasteiger partial charge in [0.25, 0.3) is 0 Å². The molecular weight excluding hydrogens is 1070 g/mol. The Morgan fingerprint density at radius 3 is 1.04 bits per heavy atom. The van der Waals surface area contributed by atoms with Gasteiger partial charge in [-0.2, -0.15) is 0 Å². The molecule has 0 aliphatic heterocycles. The van der Waals surface area contributed by atoms with E-state index in [1.807, 2.05) is 67.6 Å². The minimum absolute atomic E-state index is 0. The zero-order chi connectivity index (χ0) is 53.3. The molecule has 0 bridgehead atoms. The van der Waals surface area contributed by atoms with E-state index in [2.05, 4.69) is 25.9 Å². The summed E-state index contributed by atoms with van der Waals surface area (Å²) in [6, 6.07) is 29.2. The first-order valence-electron chi connectivity index (χ1n) is 24.8. The van der Waals surface area contributed by atoms with Crippen molar-refractivity contribution >= 4 is 47.2 Å². The van der Waals surface area contributed by atoms with E-state index in [1.54, 1.807) is 52.0 Å². The average Bonchev–Trinajstić information content (AvgIpc) is 3.33. The fraction of sp³-hybridized carbons (Fsp3) is 0.474. The maximum absolute atomic E-state index is 11.7. The molecule has 0 aliphatic rings. The number of hydrogen-bond donors (Lipinski definition) is 6. The number of hydrogen-bond acceptors (Lipinski definition) is 12. The van der Waals surface area contributed by atoms with Crippen molar-refractivity contribution in [2.45, 2.75) is 165 Å². The molecule has 1 unspecified atom stereocenters. The van der Waals surface area contributed by atoms with Gasteiger partial charge in [-0.15, -0.1) is 0 Å². The minimum Gasteiger partial charge on any atom is -0.423 e. The van der Waals surface area contributed by atoms with Gasteiger partial charge in [0.1, 0.15) is 17.3 Å². The predicted octanol–water partition coefficient (Wildman–Crippen LogP) is 10.1. The van der Waals surface area contributed by atoms with E-state index in [9.17, 15) is 24.0 Å². The Labute approximate surface area is 440 Å². The van der Waals surface area contributed by atoms with Crippen molar-refractivity contribution in [3.63, 3.8) is 0 Å². The van der Waals surface area contributed by atoms with E-state index < -0.39 is 7.12 Å². The summed E-state index contributed by atoms with van der Waals surface area (Å²) in [6.45, 7) is 17.0. The van der Waals surface area contributed by atoms with Gasteiger partial charge >= 0.3 is 7.12 Å². The number of carbonyl (C=O) groups excluding carboxylic acids is 5. The topological polar surface area (TPSA) is 225 Å². The van der Waals surface area contributed by atoms with Crippen LogP contribution in [0.25, 0.3) is 0 Å². The average molecular weight is 1150 g/mol. The second-order valence-electron chi connectivity index (χ2n) is 16.9. The number of nitrogens with zero attached hydrogens (tertiary/aromatic N) is 1. The number of oxime groups is 1. The molecule has 0 radical (unpaired) electrons. The summed E-state index contributed by atoms with van der Waals surface area (Å²) in [5, 5.41) is 44.4. The molecule has 71 heavy (non-hydrogen) atoms. The van der Waals surface area contributed by atoms with Crippen LogP contribution in [0.4, 0.5) is 0 Å². The molecule has 0 aromatic heterocycles. The van der Waals surface area contributed by atoms with Crippen molar-refractivity contribution in [1.82, 2.24) is 0 Å². The fourth-order valence-electron chi connectivity index (χ4n) is 6.27. The smallest absolute Gasteiger partial charge is 0.423 e. The normalized spacial score (nSPS) is 10.5. The minimum atomic E-state index is -1.47. The quantitative estimate of drug-likeness (QED) is 0.0102. The van der Waals surface area contributed by atoms with Crippen LogP contribution in [0.3, 0.4) is 0 Å². The number of benzene rings is 4. The maximum Gasteiger partial charge on any atom is 0.488 e. The summed E-state index contributed by atoms with van der Waals surface area (Å²) in [4.78, 5) is 56.9. The number of rotatable bonds is 23. The van der Waals surface area contributed by atoms with Gasteiger partial charge in [-0.1, -0.05) is 162 Å². The zero-order valence-corrected chi connectivity index (χ0v) is 47.1. The van der Waals surface area contributed by atoms with Crippen molar-refractivity contribution in [3.8, 4) is 0 Å². The van der Waals surface area contributed by atoms with E-state index in [0.29, 0.717) is 72.4 Å². The van der Waals surface area contributed by atoms with E-state index in [4.69, 9.17) is 31.2 Å². The van der Waals surface area contributed by atoms with Crippen LogP contribution >= 0.6 is 0 Å². The summed E-state index contributed by atoms with van der Waals surface area (Å²) in [5.41, 5.74) is 13.1. The predicted molar refractivity (Wildman–Crippen MR) is 286 cm³/mol. The molecule has 7 N–H and O–H groups in total. The molecule has 0 saturated carbocycles. The van der Waals surface area contributed by atoms with E-state index in [-0.39, 0.29) is 57.7 Å². The van der Waals surface area contributed by atoms with Gasteiger partial charge in [0.15, 0.2) is 11.6 Å². The molecule has 4 rings (SSSR count). The van der Waals surface area contributed by atoms with Crippen molar-refractivity contribution in [2.24, 2.45) is 10.9 Å². The Bertz CT molecular complexity index is 2040. The summed E-state index contributed by atoms with van der Waals surface area (Å²) >= 11 is 0. The van der Waals surface area contributed by atoms with Crippen molar-refractivity contribution in [3.05, 3.63) is 136 Å². The van der Waals surface area contributed by atoms with Crippen LogP contribution in [0.1, 0.15) is 194 Å². The Hall–Kier alpha value is -4.75. The van der Waals surface area contributed by atoms with Gasteiger partial charge in [0.05, 0.1) is 5.71 Å². The van der Waals surface area contributed by atoms with Crippen LogP contribution < -0.4 is 11.2 Å². The molecular formula is C57H85BN2O10W. The number of nitrogens with two attached hydrogens (primary N) is 1. The van der Waals surface area contributed by atoms with E-state index in [0.717, 1.165) is 85.6 Å². The van der Waals surface area contributed by atoms with Crippen molar-refractivity contribution in [1.29, 1.82) is 0 Å². The number of ketones is 5. The number of carbonyl (C=O) groups is 5. The third kappa shape index (κ3) is 36.8. The van der Waals surface area contributed by atoms with Gasteiger partial charge in [0.2, 0.25) is 0 Å². The number of Topliss-reactive ketones (excluding diaryl/α,β-unsaturated/α-hetero) is 5. The largest absolute Gasteiger partial charge is 0.488 e. The van der Waals surface area contributed by atoms with E-state index >= 15 is 0 Å². The molecule has 1 atom stereocenters. The van der Waals surface area contributed by atoms with Gasteiger partial charge < -0.3 is 31.2 Å². The molecule has 0 amide bonds. The molecule has 12 nitrogen and oxygen atoms in total. The third-order valence-electron chi connectivity index (χ3n) is 10.4. The van der Waals surface area contributed by atoms with Gasteiger partial charge in [-0.25, -0.2) is 0 Å². The summed E-state index contributed by atoms with van der Waals surface area (Å²) in [7, 11) is -1.47. The van der Waals surface area contributed by atoms with Crippen LogP contribution in [0.15, 0.2) is 102 Å². The van der Waals surface area contributed by atoms with Crippen LogP contribution in [-0.2, 0) is 54.7 Å². The number of unbranched alkanes of at least 4 members (excludes halogenated alkanes) is 6. The van der Waals surface area contributed by atoms with E-state index in [1.165, 1.54) is 19.1 Å². The first-order chi connectivity index (χ1) is 33.4. The van der Waals surface area contributed by atoms with Gasteiger partial charge in [0, 0.05) is 90.0 Å².